The molecule has 36 heavy (non-hydrogen) atoms. The number of phenolic OH excluding ortho intramolecular Hbond substituents is 2. The number of carbonyl (C=O) groups is 2. The Kier molecular flexibility index (Phi) is 6.05. The molecule has 0 fully saturated rings. The number of azo groups is 2. The van der Waals surface area contributed by atoms with Gasteiger partial charge in [-0.15, -0.1) is 10.2 Å². The Hall–Kier alpha value is -4.40. The van der Waals surface area contributed by atoms with E-state index in [1.54, 1.807) is 36.4 Å². The summed E-state index contributed by atoms with van der Waals surface area (Å²) in [7, 11) is 0. The molecule has 0 aliphatic heterocycles. The Morgan fingerprint density at radius 3 is 1.36 bits per heavy atom. The Bertz CT molecular complexity index is 1510. The maximum atomic E-state index is 13.5. The highest BCUT2D eigenvalue weighted by molar-refractivity contribution is 6.33. The van der Waals surface area contributed by atoms with Crippen LogP contribution >= 0.6 is 23.2 Å². The van der Waals surface area contributed by atoms with Crippen LogP contribution in [-0.2, 0) is 0 Å². The average molecular weight is 517 g/mol. The summed E-state index contributed by atoms with van der Waals surface area (Å²) in [4.78, 5) is 26.9. The van der Waals surface area contributed by atoms with Gasteiger partial charge < -0.3 is 10.2 Å². The van der Waals surface area contributed by atoms with Crippen molar-refractivity contribution in [2.45, 2.75) is 0 Å². The minimum absolute atomic E-state index is 0.0912. The third-order valence-electron chi connectivity index (χ3n) is 5.44. The molecule has 1 aliphatic rings. The van der Waals surface area contributed by atoms with E-state index in [1.807, 2.05) is 0 Å². The van der Waals surface area contributed by atoms with Crippen molar-refractivity contribution in [1.82, 2.24) is 0 Å². The first kappa shape index (κ1) is 23.3. The number of carbonyl (C=O) groups excluding carboxylic acids is 2. The topological polar surface area (TPSA) is 124 Å². The Morgan fingerprint density at radius 1 is 0.556 bits per heavy atom. The Morgan fingerprint density at radius 2 is 0.972 bits per heavy atom. The van der Waals surface area contributed by atoms with Crippen molar-refractivity contribution in [2.24, 2.45) is 20.5 Å². The fraction of sp³-hybridized carbons (Fsp3) is 0. The SMILES string of the molecule is O=C1c2cccc(N=Nc3ccc(O)c(Cl)c3)c2C(=O)c2cccc(N=Nc3ccc(O)c(Cl)c3)c21. The van der Waals surface area contributed by atoms with Gasteiger partial charge in [0, 0.05) is 11.1 Å². The number of ketones is 2. The molecule has 0 radical (unpaired) electrons. The maximum Gasteiger partial charge on any atom is 0.196 e. The molecule has 5 rings (SSSR count). The number of halogens is 2. The average Bonchev–Trinajstić information content (AvgIpc) is 2.88. The van der Waals surface area contributed by atoms with Gasteiger partial charge in [-0.1, -0.05) is 47.5 Å². The summed E-state index contributed by atoms with van der Waals surface area (Å²) < 4.78 is 0. The summed E-state index contributed by atoms with van der Waals surface area (Å²) in [6.07, 6.45) is 0. The third-order valence-corrected chi connectivity index (χ3v) is 6.04. The van der Waals surface area contributed by atoms with Crippen molar-refractivity contribution < 1.29 is 19.8 Å². The molecule has 0 saturated carbocycles. The minimum Gasteiger partial charge on any atom is -0.506 e. The molecule has 0 aromatic heterocycles. The largest absolute Gasteiger partial charge is 0.506 e. The number of rotatable bonds is 4. The number of phenols is 2. The van der Waals surface area contributed by atoms with E-state index in [2.05, 4.69) is 20.5 Å². The van der Waals surface area contributed by atoms with E-state index in [9.17, 15) is 19.8 Å². The van der Waals surface area contributed by atoms with E-state index in [-0.39, 0.29) is 55.2 Å². The van der Waals surface area contributed by atoms with Crippen LogP contribution in [0.1, 0.15) is 31.8 Å². The van der Waals surface area contributed by atoms with Gasteiger partial charge in [0.25, 0.3) is 0 Å². The van der Waals surface area contributed by atoms with Crippen LogP contribution in [0.5, 0.6) is 11.5 Å². The highest BCUT2D eigenvalue weighted by atomic mass is 35.5. The van der Waals surface area contributed by atoms with Crippen molar-refractivity contribution in [3.8, 4) is 11.5 Å². The summed E-state index contributed by atoms with van der Waals surface area (Å²) >= 11 is 11.8. The summed E-state index contributed by atoms with van der Waals surface area (Å²) in [5.41, 5.74) is 1.75. The zero-order chi connectivity index (χ0) is 25.4. The van der Waals surface area contributed by atoms with Gasteiger partial charge in [0.1, 0.15) is 11.5 Å². The van der Waals surface area contributed by atoms with Gasteiger partial charge in [0.2, 0.25) is 0 Å². The first-order chi connectivity index (χ1) is 17.3. The molecule has 2 N–H and O–H groups in total. The van der Waals surface area contributed by atoms with Gasteiger partial charge in [0.05, 0.1) is 43.9 Å². The van der Waals surface area contributed by atoms with Crippen molar-refractivity contribution >= 4 is 57.5 Å². The molecule has 0 saturated heterocycles. The molecule has 8 nitrogen and oxygen atoms in total. The minimum atomic E-state index is -0.400. The lowest BCUT2D eigenvalue weighted by molar-refractivity contribution is 0.0980. The first-order valence-electron chi connectivity index (χ1n) is 10.5. The standard InChI is InChI=1S/C26H14Cl2N4O4/c27-17-11-13(7-9-21(17)33)29-31-19-5-1-3-15-23(19)26(36)16-4-2-6-20(24(16)25(15)35)32-30-14-8-10-22(34)18(28)12-14/h1-12,33-34H. The van der Waals surface area contributed by atoms with Gasteiger partial charge in [-0.2, -0.15) is 10.2 Å². The monoisotopic (exact) mass is 516 g/mol. The smallest absolute Gasteiger partial charge is 0.196 e. The summed E-state index contributed by atoms with van der Waals surface area (Å²) in [5, 5.41) is 35.9. The second-order valence-corrected chi connectivity index (χ2v) is 8.54. The molecule has 0 amide bonds. The van der Waals surface area contributed by atoms with Gasteiger partial charge in [-0.3, -0.25) is 9.59 Å². The second kappa shape index (κ2) is 9.33. The van der Waals surface area contributed by atoms with Gasteiger partial charge >= 0.3 is 0 Å². The molecular formula is C26H14Cl2N4O4. The molecule has 10 heteroatoms. The number of hydrogen-bond acceptors (Lipinski definition) is 8. The van der Waals surface area contributed by atoms with Crippen LogP contribution in [0.2, 0.25) is 10.0 Å². The quantitative estimate of drug-likeness (QED) is 0.234. The molecular weight excluding hydrogens is 503 g/mol. The lowest BCUT2D eigenvalue weighted by atomic mass is 9.82. The first-order valence-corrected chi connectivity index (χ1v) is 11.2. The fourth-order valence-corrected chi connectivity index (χ4v) is 4.06. The zero-order valence-corrected chi connectivity index (χ0v) is 19.7. The molecule has 1 aliphatic carbocycles. The van der Waals surface area contributed by atoms with Crippen LogP contribution in [0.4, 0.5) is 22.7 Å². The predicted molar refractivity (Wildman–Crippen MR) is 134 cm³/mol. The molecule has 0 atom stereocenters. The van der Waals surface area contributed by atoms with E-state index < -0.39 is 11.6 Å². The zero-order valence-electron chi connectivity index (χ0n) is 18.2. The van der Waals surface area contributed by atoms with E-state index in [0.717, 1.165) is 0 Å². The van der Waals surface area contributed by atoms with E-state index in [4.69, 9.17) is 23.2 Å². The Labute approximate surface area is 214 Å². The van der Waals surface area contributed by atoms with Crippen LogP contribution < -0.4 is 0 Å². The molecule has 0 bridgehead atoms. The second-order valence-electron chi connectivity index (χ2n) is 7.73. The number of benzene rings is 4. The van der Waals surface area contributed by atoms with Crippen LogP contribution in [0.3, 0.4) is 0 Å². The fourth-order valence-electron chi connectivity index (χ4n) is 3.71. The number of fused-ring (bicyclic) bond motifs is 2. The highest BCUT2D eigenvalue weighted by Gasteiger charge is 2.33. The number of hydrogen-bond donors (Lipinski definition) is 2. The third kappa shape index (κ3) is 4.24. The summed E-state index contributed by atoms with van der Waals surface area (Å²) in [6.45, 7) is 0. The maximum absolute atomic E-state index is 13.5. The highest BCUT2D eigenvalue weighted by Crippen LogP contribution is 2.39. The number of nitrogens with zero attached hydrogens (tertiary/aromatic N) is 4. The number of aromatic hydroxyl groups is 2. The van der Waals surface area contributed by atoms with Gasteiger partial charge in [-0.25, -0.2) is 0 Å². The molecule has 0 unspecified atom stereocenters. The molecule has 4 aromatic carbocycles. The molecule has 176 valence electrons. The van der Waals surface area contributed by atoms with Crippen LogP contribution in [-0.4, -0.2) is 21.8 Å². The van der Waals surface area contributed by atoms with Crippen LogP contribution in [0, 0.1) is 0 Å². The normalized spacial score (nSPS) is 12.8. The van der Waals surface area contributed by atoms with Gasteiger partial charge in [0.15, 0.2) is 11.6 Å². The molecule has 4 aromatic rings. The van der Waals surface area contributed by atoms with Crippen molar-refractivity contribution in [1.29, 1.82) is 0 Å². The lowest BCUT2D eigenvalue weighted by Gasteiger charge is -2.19. The Balaban J connectivity index is 1.54. The summed E-state index contributed by atoms with van der Waals surface area (Å²) in [6, 6.07) is 18.1. The summed E-state index contributed by atoms with van der Waals surface area (Å²) in [5.74, 6) is -0.983. The van der Waals surface area contributed by atoms with Crippen LogP contribution in [0.15, 0.2) is 93.3 Å². The van der Waals surface area contributed by atoms with Crippen LogP contribution in [0.25, 0.3) is 0 Å². The van der Waals surface area contributed by atoms with E-state index in [0.29, 0.717) is 11.4 Å². The molecule has 0 heterocycles. The van der Waals surface area contributed by atoms with E-state index in [1.165, 1.54) is 36.4 Å². The van der Waals surface area contributed by atoms with Crippen molar-refractivity contribution in [3.63, 3.8) is 0 Å². The lowest BCUT2D eigenvalue weighted by Crippen LogP contribution is -2.21. The van der Waals surface area contributed by atoms with Crippen molar-refractivity contribution in [2.75, 3.05) is 0 Å². The predicted octanol–water partition coefficient (Wildman–Crippen LogP) is 8.01. The van der Waals surface area contributed by atoms with E-state index >= 15 is 0 Å². The van der Waals surface area contributed by atoms with Crippen molar-refractivity contribution in [3.05, 3.63) is 105 Å². The van der Waals surface area contributed by atoms with Gasteiger partial charge in [-0.05, 0) is 48.5 Å². The molecule has 0 spiro atoms.